The molecule has 0 radical (unpaired) electrons. The van der Waals surface area contributed by atoms with Crippen molar-refractivity contribution in [2.75, 3.05) is 19.8 Å². The summed E-state index contributed by atoms with van der Waals surface area (Å²) in [5, 5.41) is 8.74. The summed E-state index contributed by atoms with van der Waals surface area (Å²) in [5.41, 5.74) is 0.314. The molecule has 86 valence electrons. The van der Waals surface area contributed by atoms with Gasteiger partial charge in [-0.25, -0.2) is 0 Å². The molecule has 0 fully saturated rings. The molecule has 0 aromatic carbocycles. The number of aliphatic hydroxyl groups excluding tert-OH is 1. The summed E-state index contributed by atoms with van der Waals surface area (Å²) >= 11 is 0. The van der Waals surface area contributed by atoms with E-state index in [1.165, 1.54) is 6.42 Å². The summed E-state index contributed by atoms with van der Waals surface area (Å²) in [6.07, 6.45) is 5.45. The number of hydrogen-bond donors (Lipinski definition) is 1. The van der Waals surface area contributed by atoms with Crippen LogP contribution in [0.3, 0.4) is 0 Å². The van der Waals surface area contributed by atoms with Crippen molar-refractivity contribution in [2.45, 2.75) is 52.9 Å². The van der Waals surface area contributed by atoms with E-state index < -0.39 is 0 Å². The fourth-order valence-corrected chi connectivity index (χ4v) is 1.38. The fraction of sp³-hybridized carbons (Fsp3) is 1.00. The van der Waals surface area contributed by atoms with Gasteiger partial charge in [-0.05, 0) is 31.1 Å². The van der Waals surface area contributed by atoms with Crippen LogP contribution in [0.2, 0.25) is 0 Å². The van der Waals surface area contributed by atoms with E-state index in [9.17, 15) is 0 Å². The molecule has 0 rings (SSSR count). The predicted octanol–water partition coefficient (Wildman–Crippen LogP) is 2.99. The predicted molar refractivity (Wildman–Crippen MR) is 60.4 cm³/mol. The minimum absolute atomic E-state index is 0.306. The molecule has 0 aliphatic heterocycles. The summed E-state index contributed by atoms with van der Waals surface area (Å²) in [6.45, 7) is 8.72. The van der Waals surface area contributed by atoms with E-state index in [1.807, 2.05) is 0 Å². The quantitative estimate of drug-likeness (QED) is 0.582. The molecule has 0 aliphatic rings. The molecule has 1 N–H and O–H groups in total. The van der Waals surface area contributed by atoms with E-state index in [2.05, 4.69) is 20.8 Å². The Morgan fingerprint density at radius 2 is 1.79 bits per heavy atom. The number of unbranched alkanes of at least 4 members (excludes halogenated alkanes) is 1. The first-order chi connectivity index (χ1) is 6.62. The summed E-state index contributed by atoms with van der Waals surface area (Å²) in [7, 11) is 0. The third-order valence-electron chi connectivity index (χ3n) is 2.58. The van der Waals surface area contributed by atoms with E-state index in [1.54, 1.807) is 0 Å². The molecule has 0 aromatic rings. The van der Waals surface area contributed by atoms with Gasteiger partial charge >= 0.3 is 0 Å². The van der Waals surface area contributed by atoms with Gasteiger partial charge in [0.1, 0.15) is 0 Å². The Morgan fingerprint density at radius 3 is 2.36 bits per heavy atom. The van der Waals surface area contributed by atoms with Crippen LogP contribution in [0.4, 0.5) is 0 Å². The highest BCUT2D eigenvalue weighted by Crippen LogP contribution is 2.26. The molecule has 0 spiro atoms. The van der Waals surface area contributed by atoms with Gasteiger partial charge in [-0.1, -0.05) is 27.2 Å². The maximum absolute atomic E-state index is 8.74. The lowest BCUT2D eigenvalue weighted by Crippen LogP contribution is -2.15. The van der Waals surface area contributed by atoms with Crippen LogP contribution in [0.25, 0.3) is 0 Å². The topological polar surface area (TPSA) is 29.5 Å². The van der Waals surface area contributed by atoms with E-state index in [4.69, 9.17) is 9.84 Å². The molecule has 0 aromatic heterocycles. The second kappa shape index (κ2) is 8.25. The molecule has 14 heavy (non-hydrogen) atoms. The van der Waals surface area contributed by atoms with Gasteiger partial charge < -0.3 is 9.84 Å². The molecular formula is C12H26O2. The Kier molecular flexibility index (Phi) is 8.20. The SMILES string of the molecule is CCCCOCCC(C)(C)CCCO. The average molecular weight is 202 g/mol. The summed E-state index contributed by atoms with van der Waals surface area (Å²) in [4.78, 5) is 0. The molecule has 0 aliphatic carbocycles. The number of ether oxygens (including phenoxy) is 1. The van der Waals surface area contributed by atoms with Gasteiger partial charge in [0, 0.05) is 19.8 Å². The summed E-state index contributed by atoms with van der Waals surface area (Å²) in [5.74, 6) is 0. The smallest absolute Gasteiger partial charge is 0.0471 e. The number of aliphatic hydroxyl groups is 1. The van der Waals surface area contributed by atoms with Crippen LogP contribution in [0.15, 0.2) is 0 Å². The van der Waals surface area contributed by atoms with Crippen molar-refractivity contribution in [3.8, 4) is 0 Å². The minimum Gasteiger partial charge on any atom is -0.396 e. The molecule has 0 amide bonds. The third kappa shape index (κ3) is 8.52. The van der Waals surface area contributed by atoms with Crippen LogP contribution in [0, 0.1) is 5.41 Å². The van der Waals surface area contributed by atoms with E-state index in [0.717, 1.165) is 38.9 Å². The first-order valence-electron chi connectivity index (χ1n) is 5.81. The van der Waals surface area contributed by atoms with Crippen LogP contribution in [-0.2, 0) is 4.74 Å². The fourth-order valence-electron chi connectivity index (χ4n) is 1.38. The van der Waals surface area contributed by atoms with Crippen LogP contribution in [0.1, 0.15) is 52.9 Å². The van der Waals surface area contributed by atoms with Gasteiger partial charge in [0.15, 0.2) is 0 Å². The van der Waals surface area contributed by atoms with Crippen molar-refractivity contribution in [1.82, 2.24) is 0 Å². The Labute approximate surface area is 88.7 Å². The highest BCUT2D eigenvalue weighted by Gasteiger charge is 2.16. The van der Waals surface area contributed by atoms with E-state index in [0.29, 0.717) is 12.0 Å². The monoisotopic (exact) mass is 202 g/mol. The van der Waals surface area contributed by atoms with Gasteiger partial charge in [-0.15, -0.1) is 0 Å². The van der Waals surface area contributed by atoms with Gasteiger partial charge in [-0.2, -0.15) is 0 Å². The molecule has 0 saturated heterocycles. The Bertz CT molecular complexity index is 121. The second-order valence-corrected chi connectivity index (χ2v) is 4.71. The molecule has 2 heteroatoms. The van der Waals surface area contributed by atoms with Gasteiger partial charge in [-0.3, -0.25) is 0 Å². The highest BCUT2D eigenvalue weighted by atomic mass is 16.5. The molecule has 2 nitrogen and oxygen atoms in total. The lowest BCUT2D eigenvalue weighted by atomic mass is 9.85. The average Bonchev–Trinajstić information content (AvgIpc) is 2.15. The number of hydrogen-bond acceptors (Lipinski definition) is 2. The summed E-state index contributed by atoms with van der Waals surface area (Å²) < 4.78 is 5.53. The molecule has 0 atom stereocenters. The van der Waals surface area contributed by atoms with Gasteiger partial charge in [0.05, 0.1) is 0 Å². The van der Waals surface area contributed by atoms with Crippen molar-refractivity contribution in [3.05, 3.63) is 0 Å². The second-order valence-electron chi connectivity index (χ2n) is 4.71. The van der Waals surface area contributed by atoms with E-state index in [-0.39, 0.29) is 0 Å². The first-order valence-corrected chi connectivity index (χ1v) is 5.81. The maximum atomic E-state index is 8.74. The van der Waals surface area contributed by atoms with Crippen LogP contribution >= 0.6 is 0 Å². The normalized spacial score (nSPS) is 12.0. The van der Waals surface area contributed by atoms with Crippen molar-refractivity contribution in [2.24, 2.45) is 5.41 Å². The highest BCUT2D eigenvalue weighted by molar-refractivity contribution is 4.67. The van der Waals surface area contributed by atoms with Crippen LogP contribution in [-0.4, -0.2) is 24.9 Å². The largest absolute Gasteiger partial charge is 0.396 e. The van der Waals surface area contributed by atoms with Crippen molar-refractivity contribution in [3.63, 3.8) is 0 Å². The lowest BCUT2D eigenvalue weighted by molar-refractivity contribution is 0.0961. The lowest BCUT2D eigenvalue weighted by Gasteiger charge is -2.23. The molecule has 0 bridgehead atoms. The molecule has 0 heterocycles. The van der Waals surface area contributed by atoms with E-state index >= 15 is 0 Å². The van der Waals surface area contributed by atoms with Crippen LogP contribution in [0.5, 0.6) is 0 Å². The zero-order valence-corrected chi connectivity index (χ0v) is 10.0. The zero-order chi connectivity index (χ0) is 10.9. The standard InChI is InChI=1S/C12H26O2/c1-4-5-10-14-11-8-12(2,3)7-6-9-13/h13H,4-11H2,1-3H3. The third-order valence-corrected chi connectivity index (χ3v) is 2.58. The Balaban J connectivity index is 3.35. The molecular weight excluding hydrogens is 176 g/mol. The van der Waals surface area contributed by atoms with Gasteiger partial charge in [0.2, 0.25) is 0 Å². The molecule has 0 saturated carbocycles. The Morgan fingerprint density at radius 1 is 1.07 bits per heavy atom. The van der Waals surface area contributed by atoms with Crippen molar-refractivity contribution in [1.29, 1.82) is 0 Å². The Hall–Kier alpha value is -0.0800. The van der Waals surface area contributed by atoms with Crippen molar-refractivity contribution < 1.29 is 9.84 Å². The summed E-state index contributed by atoms with van der Waals surface area (Å²) in [6, 6.07) is 0. The minimum atomic E-state index is 0.306. The zero-order valence-electron chi connectivity index (χ0n) is 10.0. The number of rotatable bonds is 9. The van der Waals surface area contributed by atoms with Gasteiger partial charge in [0.25, 0.3) is 0 Å². The molecule has 0 unspecified atom stereocenters. The maximum Gasteiger partial charge on any atom is 0.0471 e. The van der Waals surface area contributed by atoms with Crippen LogP contribution < -0.4 is 0 Å². The first kappa shape index (κ1) is 13.9. The van der Waals surface area contributed by atoms with Crippen molar-refractivity contribution >= 4 is 0 Å².